The number of ether oxygens (including phenoxy) is 1. The van der Waals surface area contributed by atoms with E-state index in [1.807, 2.05) is 0 Å². The molecule has 0 bridgehead atoms. The molecule has 0 amide bonds. The van der Waals surface area contributed by atoms with Gasteiger partial charge in [-0.1, -0.05) is 18.3 Å². The third-order valence-electron chi connectivity index (χ3n) is 0.596. The first-order valence-corrected chi connectivity index (χ1v) is 3.01. The second-order valence-corrected chi connectivity index (χ2v) is 1.63. The molecule has 0 aliphatic rings. The minimum Gasteiger partial charge on any atom is -0.457 e. The predicted octanol–water partition coefficient (Wildman–Crippen LogP) is 1.11. The Labute approximate surface area is 59.5 Å². The summed E-state index contributed by atoms with van der Waals surface area (Å²) in [6, 6.07) is 0. The van der Waals surface area contributed by atoms with Gasteiger partial charge in [-0.25, -0.2) is 4.79 Å². The Bertz CT molecular complexity index is 129. The number of carbonyl (C=O) groups excluding carboxylic acids is 1. The third kappa shape index (κ3) is 5.17. The van der Waals surface area contributed by atoms with Crippen molar-refractivity contribution in [3.05, 3.63) is 12.2 Å². The molecule has 0 aromatic rings. The van der Waals surface area contributed by atoms with E-state index in [0.717, 1.165) is 0 Å². The van der Waals surface area contributed by atoms with E-state index in [-0.39, 0.29) is 12.6 Å². The summed E-state index contributed by atoms with van der Waals surface area (Å²) in [5.41, 5.74) is 0. The zero-order valence-electron chi connectivity index (χ0n) is 5.16. The van der Waals surface area contributed by atoms with Gasteiger partial charge in [0.05, 0.1) is 0 Å². The molecule has 0 N–H and O–H groups in total. The number of carbonyl (C=O) groups is 1. The lowest BCUT2D eigenvalue weighted by molar-refractivity contribution is -0.135. The first kappa shape index (κ1) is 8.30. The first-order chi connectivity index (χ1) is 4.31. The van der Waals surface area contributed by atoms with Gasteiger partial charge >= 0.3 is 5.97 Å². The van der Waals surface area contributed by atoms with E-state index in [2.05, 4.69) is 17.0 Å². The molecule has 50 valence electrons. The topological polar surface area (TPSA) is 26.3 Å². The molecule has 0 aliphatic heterocycles. The van der Waals surface area contributed by atoms with Gasteiger partial charge in [0.25, 0.3) is 0 Å². The molecule has 0 saturated carbocycles. The molecule has 0 spiro atoms. The fourth-order valence-electron chi connectivity index (χ4n) is 0.300. The van der Waals surface area contributed by atoms with Crippen LogP contribution in [0.3, 0.4) is 0 Å². The highest BCUT2D eigenvalue weighted by molar-refractivity contribution is 7.79. The Kier molecular flexibility index (Phi) is 5.01. The van der Waals surface area contributed by atoms with Gasteiger partial charge in [0.1, 0.15) is 6.61 Å². The average molecular weight is 144 g/mol. The highest BCUT2D eigenvalue weighted by Gasteiger charge is 1.90. The summed E-state index contributed by atoms with van der Waals surface area (Å²) < 4.78 is 4.55. The van der Waals surface area contributed by atoms with Crippen LogP contribution < -0.4 is 0 Å². The van der Waals surface area contributed by atoms with Crippen molar-refractivity contribution in [2.75, 3.05) is 6.61 Å². The number of thiocarbonyl (C=S) groups is 1. The van der Waals surface area contributed by atoms with Crippen molar-refractivity contribution >= 4 is 23.6 Å². The second-order valence-electron chi connectivity index (χ2n) is 1.30. The molecule has 9 heavy (non-hydrogen) atoms. The van der Waals surface area contributed by atoms with Gasteiger partial charge in [-0.3, -0.25) is 0 Å². The quantitative estimate of drug-likeness (QED) is 0.337. The molecule has 0 radical (unpaired) electrons. The van der Waals surface area contributed by atoms with Gasteiger partial charge in [0, 0.05) is 11.4 Å². The lowest BCUT2D eigenvalue weighted by Gasteiger charge is -1.92. The molecule has 3 heteroatoms. The van der Waals surface area contributed by atoms with Crippen LogP contribution in [-0.2, 0) is 9.53 Å². The molecule has 0 saturated heterocycles. The Morgan fingerprint density at radius 3 is 2.89 bits per heavy atom. The summed E-state index contributed by atoms with van der Waals surface area (Å²) >= 11 is 4.43. The van der Waals surface area contributed by atoms with Crippen molar-refractivity contribution in [2.45, 2.75) is 6.92 Å². The minimum atomic E-state index is -0.349. The van der Waals surface area contributed by atoms with Crippen LogP contribution in [0.25, 0.3) is 0 Å². The Morgan fingerprint density at radius 2 is 2.44 bits per heavy atom. The molecule has 0 heterocycles. The number of hydrogen-bond donors (Lipinski definition) is 0. The zero-order chi connectivity index (χ0) is 7.11. The van der Waals surface area contributed by atoms with Crippen molar-refractivity contribution < 1.29 is 9.53 Å². The van der Waals surface area contributed by atoms with Gasteiger partial charge < -0.3 is 4.74 Å². The van der Waals surface area contributed by atoms with E-state index in [4.69, 9.17) is 0 Å². The molecule has 0 atom stereocenters. The summed E-state index contributed by atoms with van der Waals surface area (Å²) in [5.74, 6) is -0.349. The van der Waals surface area contributed by atoms with Crippen LogP contribution >= 0.6 is 12.2 Å². The minimum absolute atomic E-state index is 0.207. The number of hydrogen-bond acceptors (Lipinski definition) is 3. The second kappa shape index (κ2) is 5.44. The van der Waals surface area contributed by atoms with E-state index >= 15 is 0 Å². The SMILES string of the molecule is CC=CC(=O)OCC=S. The maximum Gasteiger partial charge on any atom is 0.330 e. The van der Waals surface area contributed by atoms with Crippen LogP contribution in [0.4, 0.5) is 0 Å². The van der Waals surface area contributed by atoms with Crippen LogP contribution in [0.2, 0.25) is 0 Å². The molecule has 0 fully saturated rings. The van der Waals surface area contributed by atoms with Crippen molar-refractivity contribution in [3.63, 3.8) is 0 Å². The summed E-state index contributed by atoms with van der Waals surface area (Å²) in [5, 5.41) is 1.36. The molecule has 0 aliphatic carbocycles. The van der Waals surface area contributed by atoms with Gasteiger partial charge in [-0.15, -0.1) is 0 Å². The van der Waals surface area contributed by atoms with Crippen LogP contribution in [-0.4, -0.2) is 17.9 Å². The van der Waals surface area contributed by atoms with Crippen LogP contribution in [0, 0.1) is 0 Å². The maximum atomic E-state index is 10.4. The highest BCUT2D eigenvalue weighted by atomic mass is 32.1. The number of allylic oxidation sites excluding steroid dienone is 1. The van der Waals surface area contributed by atoms with Crippen molar-refractivity contribution in [1.82, 2.24) is 0 Å². The predicted molar refractivity (Wildman–Crippen MR) is 39.4 cm³/mol. The van der Waals surface area contributed by atoms with E-state index in [9.17, 15) is 4.79 Å². The fraction of sp³-hybridized carbons (Fsp3) is 0.333. The molecular weight excluding hydrogens is 136 g/mol. The van der Waals surface area contributed by atoms with E-state index < -0.39 is 0 Å². The zero-order valence-corrected chi connectivity index (χ0v) is 5.98. The molecule has 0 rings (SSSR count). The first-order valence-electron chi connectivity index (χ1n) is 2.54. The summed E-state index contributed by atoms with van der Waals surface area (Å²) in [6.45, 7) is 1.96. The summed E-state index contributed by atoms with van der Waals surface area (Å²) in [6.07, 6.45) is 2.96. The highest BCUT2D eigenvalue weighted by Crippen LogP contribution is 1.78. The van der Waals surface area contributed by atoms with E-state index in [1.54, 1.807) is 13.0 Å². The summed E-state index contributed by atoms with van der Waals surface area (Å²) in [4.78, 5) is 10.4. The normalized spacial score (nSPS) is 9.44. The Balaban J connectivity index is 3.38. The number of esters is 1. The molecule has 2 nitrogen and oxygen atoms in total. The van der Waals surface area contributed by atoms with Gasteiger partial charge in [-0.05, 0) is 6.92 Å². The van der Waals surface area contributed by atoms with Gasteiger partial charge in [0.2, 0.25) is 0 Å². The van der Waals surface area contributed by atoms with Gasteiger partial charge in [-0.2, -0.15) is 0 Å². The third-order valence-corrected chi connectivity index (χ3v) is 0.732. The maximum absolute atomic E-state index is 10.4. The van der Waals surface area contributed by atoms with Crippen LogP contribution in [0.5, 0.6) is 0 Å². The van der Waals surface area contributed by atoms with Gasteiger partial charge in [0.15, 0.2) is 0 Å². The Morgan fingerprint density at radius 1 is 1.78 bits per heavy atom. The van der Waals surface area contributed by atoms with Crippen LogP contribution in [0.1, 0.15) is 6.92 Å². The molecule has 0 unspecified atom stereocenters. The number of rotatable bonds is 3. The lowest BCUT2D eigenvalue weighted by atomic mass is 10.5. The fourth-order valence-corrected chi connectivity index (χ4v) is 0.368. The van der Waals surface area contributed by atoms with Crippen LogP contribution in [0.15, 0.2) is 12.2 Å². The van der Waals surface area contributed by atoms with Crippen molar-refractivity contribution in [1.29, 1.82) is 0 Å². The molecule has 0 aromatic heterocycles. The Hall–Kier alpha value is -0.700. The van der Waals surface area contributed by atoms with Crippen molar-refractivity contribution in [2.24, 2.45) is 0 Å². The molecular formula is C6H8O2S. The van der Waals surface area contributed by atoms with Crippen molar-refractivity contribution in [3.8, 4) is 0 Å². The average Bonchev–Trinajstić information content (AvgIpc) is 1.85. The van der Waals surface area contributed by atoms with E-state index in [0.29, 0.717) is 0 Å². The molecule has 0 aromatic carbocycles. The lowest BCUT2D eigenvalue weighted by Crippen LogP contribution is -2.01. The summed E-state index contributed by atoms with van der Waals surface area (Å²) in [7, 11) is 0. The smallest absolute Gasteiger partial charge is 0.330 e. The largest absolute Gasteiger partial charge is 0.457 e. The standard InChI is InChI=1S/C6H8O2S/c1-2-3-6(7)8-4-5-9/h2-3,5H,4H2,1H3. The monoisotopic (exact) mass is 144 g/mol. The van der Waals surface area contributed by atoms with E-state index in [1.165, 1.54) is 11.4 Å².